The molecule has 3 rings (SSSR count). The third kappa shape index (κ3) is 5.25. The first-order valence-corrected chi connectivity index (χ1v) is 9.43. The van der Waals surface area contributed by atoms with E-state index in [-0.39, 0.29) is 17.6 Å². The second-order valence-corrected chi connectivity index (χ2v) is 7.39. The SMILES string of the molecule is CC1(C)OC(=O)C(=CNc2ccc(NC(=O)NC3CCCCC3)cc2)C(=O)O1. The lowest BCUT2D eigenvalue weighted by Crippen LogP contribution is -2.42. The van der Waals surface area contributed by atoms with Crippen LogP contribution in [0.25, 0.3) is 0 Å². The van der Waals surface area contributed by atoms with Crippen molar-refractivity contribution in [2.24, 2.45) is 0 Å². The van der Waals surface area contributed by atoms with Gasteiger partial charge in [-0.2, -0.15) is 0 Å². The lowest BCUT2D eigenvalue weighted by atomic mass is 9.96. The van der Waals surface area contributed by atoms with Crippen LogP contribution in [0.3, 0.4) is 0 Å². The maximum atomic E-state index is 12.1. The van der Waals surface area contributed by atoms with Crippen LogP contribution >= 0.6 is 0 Å². The first-order valence-electron chi connectivity index (χ1n) is 9.43. The van der Waals surface area contributed by atoms with E-state index < -0.39 is 17.7 Å². The highest BCUT2D eigenvalue weighted by Crippen LogP contribution is 2.23. The molecule has 1 aliphatic heterocycles. The van der Waals surface area contributed by atoms with Crippen molar-refractivity contribution in [2.75, 3.05) is 10.6 Å². The van der Waals surface area contributed by atoms with Gasteiger partial charge in [0, 0.05) is 37.5 Å². The molecule has 1 aromatic rings. The van der Waals surface area contributed by atoms with Crippen LogP contribution in [-0.4, -0.2) is 29.8 Å². The summed E-state index contributed by atoms with van der Waals surface area (Å²) >= 11 is 0. The fraction of sp³-hybridized carbons (Fsp3) is 0.450. The van der Waals surface area contributed by atoms with Gasteiger partial charge in [0.05, 0.1) is 0 Å². The quantitative estimate of drug-likeness (QED) is 0.416. The largest absolute Gasteiger partial charge is 0.419 e. The van der Waals surface area contributed by atoms with Crippen LogP contribution in [0.4, 0.5) is 16.2 Å². The number of benzene rings is 1. The van der Waals surface area contributed by atoms with Crippen LogP contribution < -0.4 is 16.0 Å². The second kappa shape index (κ2) is 8.33. The first-order chi connectivity index (χ1) is 13.3. The lowest BCUT2D eigenvalue weighted by molar-refractivity contribution is -0.222. The molecule has 0 radical (unpaired) electrons. The van der Waals surface area contributed by atoms with Crippen molar-refractivity contribution in [3.63, 3.8) is 0 Å². The van der Waals surface area contributed by atoms with Gasteiger partial charge in [-0.25, -0.2) is 14.4 Å². The molecule has 0 unspecified atom stereocenters. The number of carbonyl (C=O) groups is 3. The Labute approximate surface area is 163 Å². The van der Waals surface area contributed by atoms with Gasteiger partial charge in [0.25, 0.3) is 5.79 Å². The van der Waals surface area contributed by atoms with Gasteiger partial charge in [-0.05, 0) is 37.1 Å². The molecule has 1 saturated carbocycles. The monoisotopic (exact) mass is 387 g/mol. The van der Waals surface area contributed by atoms with E-state index in [1.165, 1.54) is 26.5 Å². The van der Waals surface area contributed by atoms with E-state index >= 15 is 0 Å². The fourth-order valence-corrected chi connectivity index (χ4v) is 3.18. The topological polar surface area (TPSA) is 106 Å². The van der Waals surface area contributed by atoms with Crippen molar-refractivity contribution in [2.45, 2.75) is 57.8 Å². The van der Waals surface area contributed by atoms with E-state index in [1.54, 1.807) is 24.3 Å². The highest BCUT2D eigenvalue weighted by molar-refractivity contribution is 6.15. The Morgan fingerprint density at radius 2 is 1.57 bits per heavy atom. The van der Waals surface area contributed by atoms with Gasteiger partial charge < -0.3 is 25.4 Å². The number of anilines is 2. The van der Waals surface area contributed by atoms with Crippen molar-refractivity contribution in [3.8, 4) is 0 Å². The predicted octanol–water partition coefficient (Wildman–Crippen LogP) is 3.27. The van der Waals surface area contributed by atoms with Gasteiger partial charge in [-0.1, -0.05) is 19.3 Å². The Kier molecular flexibility index (Phi) is 5.87. The highest BCUT2D eigenvalue weighted by Gasteiger charge is 2.38. The fourth-order valence-electron chi connectivity index (χ4n) is 3.18. The average Bonchev–Trinajstić information content (AvgIpc) is 2.62. The Hall–Kier alpha value is -3.03. The van der Waals surface area contributed by atoms with E-state index in [0.29, 0.717) is 11.4 Å². The molecular weight excluding hydrogens is 362 g/mol. The summed E-state index contributed by atoms with van der Waals surface area (Å²) in [7, 11) is 0. The maximum absolute atomic E-state index is 12.1. The van der Waals surface area contributed by atoms with E-state index in [1.807, 2.05) is 0 Å². The van der Waals surface area contributed by atoms with Gasteiger partial charge in [0.15, 0.2) is 5.57 Å². The Balaban J connectivity index is 1.53. The van der Waals surface area contributed by atoms with Crippen LogP contribution in [0.2, 0.25) is 0 Å². The number of cyclic esters (lactones) is 2. The van der Waals surface area contributed by atoms with Gasteiger partial charge in [-0.15, -0.1) is 0 Å². The minimum atomic E-state index is -1.27. The van der Waals surface area contributed by atoms with E-state index in [2.05, 4.69) is 16.0 Å². The average molecular weight is 387 g/mol. The molecule has 8 nitrogen and oxygen atoms in total. The number of carbonyl (C=O) groups excluding carboxylic acids is 3. The third-order valence-corrected chi connectivity index (χ3v) is 4.58. The smallest absolute Gasteiger partial charge is 0.350 e. The Morgan fingerprint density at radius 1 is 1.00 bits per heavy atom. The molecule has 0 aromatic heterocycles. The Morgan fingerprint density at radius 3 is 2.18 bits per heavy atom. The summed E-state index contributed by atoms with van der Waals surface area (Å²) in [4.78, 5) is 35.9. The molecule has 1 aliphatic carbocycles. The summed E-state index contributed by atoms with van der Waals surface area (Å²) in [6.07, 6.45) is 6.83. The maximum Gasteiger partial charge on any atom is 0.350 e. The number of ether oxygens (including phenoxy) is 2. The number of urea groups is 1. The Bertz CT molecular complexity index is 758. The molecule has 3 N–H and O–H groups in total. The highest BCUT2D eigenvalue weighted by atomic mass is 16.7. The number of amides is 2. The predicted molar refractivity (Wildman–Crippen MR) is 103 cm³/mol. The van der Waals surface area contributed by atoms with Gasteiger partial charge >= 0.3 is 18.0 Å². The second-order valence-electron chi connectivity index (χ2n) is 7.39. The number of nitrogens with one attached hydrogen (secondary N) is 3. The number of hydrogen-bond acceptors (Lipinski definition) is 6. The van der Waals surface area contributed by atoms with Crippen LogP contribution in [-0.2, 0) is 19.1 Å². The molecule has 2 amide bonds. The molecule has 1 saturated heterocycles. The first kappa shape index (κ1) is 19.7. The minimum absolute atomic E-state index is 0.214. The van der Waals surface area contributed by atoms with Crippen molar-refractivity contribution in [1.29, 1.82) is 0 Å². The minimum Gasteiger partial charge on any atom is -0.419 e. The molecule has 2 fully saturated rings. The zero-order chi connectivity index (χ0) is 20.1. The summed E-state index contributed by atoms with van der Waals surface area (Å²) in [6, 6.07) is 6.91. The summed E-state index contributed by atoms with van der Waals surface area (Å²) in [6.45, 7) is 2.98. The van der Waals surface area contributed by atoms with Gasteiger partial charge in [-0.3, -0.25) is 0 Å². The van der Waals surface area contributed by atoms with Crippen LogP contribution in [0.15, 0.2) is 36.0 Å². The van der Waals surface area contributed by atoms with E-state index in [0.717, 1.165) is 25.7 Å². The molecule has 28 heavy (non-hydrogen) atoms. The van der Waals surface area contributed by atoms with Crippen molar-refractivity contribution in [3.05, 3.63) is 36.0 Å². The number of rotatable bonds is 4. The van der Waals surface area contributed by atoms with Gasteiger partial charge in [0.2, 0.25) is 0 Å². The van der Waals surface area contributed by atoms with Crippen molar-refractivity contribution >= 4 is 29.3 Å². The summed E-state index contributed by atoms with van der Waals surface area (Å²) in [5.41, 5.74) is 1.06. The molecule has 1 heterocycles. The standard InChI is InChI=1S/C20H25N3O5/c1-20(2)27-17(24)16(18(25)28-20)12-21-13-8-10-15(11-9-13)23-19(26)22-14-6-4-3-5-7-14/h8-12,14,21H,3-7H2,1-2H3,(H2,22,23,26). The molecule has 0 atom stereocenters. The molecule has 2 aliphatic rings. The number of esters is 2. The zero-order valence-corrected chi connectivity index (χ0v) is 16.0. The molecule has 1 aromatic carbocycles. The molecule has 0 bridgehead atoms. The normalized spacial score (nSPS) is 19.3. The lowest BCUT2D eigenvalue weighted by Gasteiger charge is -2.29. The van der Waals surface area contributed by atoms with Crippen LogP contribution in [0, 0.1) is 0 Å². The van der Waals surface area contributed by atoms with Crippen LogP contribution in [0.1, 0.15) is 46.0 Å². The van der Waals surface area contributed by atoms with E-state index in [9.17, 15) is 14.4 Å². The summed E-state index contributed by atoms with van der Waals surface area (Å²) in [5.74, 6) is -2.75. The number of hydrogen-bond donors (Lipinski definition) is 3. The molecule has 8 heteroatoms. The summed E-state index contributed by atoms with van der Waals surface area (Å²) in [5, 5.41) is 8.65. The molecule has 0 spiro atoms. The van der Waals surface area contributed by atoms with Gasteiger partial charge in [0.1, 0.15) is 0 Å². The van der Waals surface area contributed by atoms with Crippen LogP contribution in [0.5, 0.6) is 0 Å². The van der Waals surface area contributed by atoms with E-state index in [4.69, 9.17) is 9.47 Å². The molecule has 150 valence electrons. The van der Waals surface area contributed by atoms with Crippen molar-refractivity contribution in [1.82, 2.24) is 5.32 Å². The molecular formula is C20H25N3O5. The third-order valence-electron chi connectivity index (χ3n) is 4.58. The zero-order valence-electron chi connectivity index (χ0n) is 16.0. The summed E-state index contributed by atoms with van der Waals surface area (Å²) < 4.78 is 10.1. The van der Waals surface area contributed by atoms with Crippen molar-refractivity contribution < 1.29 is 23.9 Å².